The molecule has 1 saturated heterocycles. The second-order valence-corrected chi connectivity index (χ2v) is 5.06. The van der Waals surface area contributed by atoms with E-state index in [1.54, 1.807) is 6.92 Å². The first-order chi connectivity index (χ1) is 10.6. The normalized spacial score (nSPS) is 18.5. The van der Waals surface area contributed by atoms with Gasteiger partial charge in [0.15, 0.2) is 28.8 Å². The number of imidazole rings is 1. The first kappa shape index (κ1) is 14.7. The van der Waals surface area contributed by atoms with Crippen LogP contribution >= 0.6 is 0 Å². The molecular formula is C14H16FN3O4. The number of fused-ring (bicyclic) bond motifs is 1. The van der Waals surface area contributed by atoms with Gasteiger partial charge >= 0.3 is 5.95 Å². The highest BCUT2D eigenvalue weighted by Gasteiger charge is 2.31. The third-order valence-corrected chi connectivity index (χ3v) is 3.63. The maximum atomic E-state index is 13.9. The summed E-state index contributed by atoms with van der Waals surface area (Å²) in [6, 6.07) is 2.61. The van der Waals surface area contributed by atoms with Gasteiger partial charge in [0.1, 0.15) is 0 Å². The molecule has 2 heterocycles. The topological polar surface area (TPSA) is 79.4 Å². The van der Waals surface area contributed by atoms with Gasteiger partial charge in [-0.05, 0) is 24.7 Å². The van der Waals surface area contributed by atoms with Gasteiger partial charge in [0, 0.05) is 18.6 Å². The molecule has 1 aromatic heterocycles. The molecule has 118 valence electrons. The molecule has 1 fully saturated rings. The summed E-state index contributed by atoms with van der Waals surface area (Å²) >= 11 is 0. The van der Waals surface area contributed by atoms with Gasteiger partial charge in [0.25, 0.3) is 0 Å². The molecule has 3 rings (SSSR count). The van der Waals surface area contributed by atoms with Crippen LogP contribution in [0.2, 0.25) is 0 Å². The Morgan fingerprint density at radius 1 is 1.55 bits per heavy atom. The molecular weight excluding hydrogens is 293 g/mol. The molecule has 1 aliphatic rings. The Morgan fingerprint density at radius 2 is 2.36 bits per heavy atom. The summed E-state index contributed by atoms with van der Waals surface area (Å²) in [4.78, 5) is 14.6. The van der Waals surface area contributed by atoms with Gasteiger partial charge in [-0.3, -0.25) is 0 Å². The molecule has 1 atom stereocenters. The van der Waals surface area contributed by atoms with Gasteiger partial charge in [0.2, 0.25) is 0 Å². The number of aromatic nitrogens is 2. The Bertz CT molecular complexity index is 710. The van der Waals surface area contributed by atoms with E-state index in [0.29, 0.717) is 25.2 Å². The van der Waals surface area contributed by atoms with Crippen LogP contribution in [-0.2, 0) is 4.74 Å². The minimum absolute atomic E-state index is 0.0573. The Labute approximate surface area is 125 Å². The maximum Gasteiger partial charge on any atom is 0.437 e. The predicted octanol–water partition coefficient (Wildman–Crippen LogP) is 3.18. The lowest BCUT2D eigenvalue weighted by Gasteiger charge is -2.21. The van der Waals surface area contributed by atoms with Crippen LogP contribution in [-0.4, -0.2) is 27.7 Å². The van der Waals surface area contributed by atoms with Crippen LogP contribution in [0.3, 0.4) is 0 Å². The van der Waals surface area contributed by atoms with Gasteiger partial charge in [-0.15, -0.1) is 0 Å². The molecule has 1 aromatic carbocycles. The molecule has 1 unspecified atom stereocenters. The van der Waals surface area contributed by atoms with Crippen LogP contribution in [0.25, 0.3) is 11.0 Å². The van der Waals surface area contributed by atoms with Gasteiger partial charge in [-0.25, -0.2) is 4.39 Å². The van der Waals surface area contributed by atoms with Crippen molar-refractivity contribution < 1.29 is 18.8 Å². The molecule has 0 bridgehead atoms. The van der Waals surface area contributed by atoms with Crippen molar-refractivity contribution in [2.24, 2.45) is 0 Å². The molecule has 22 heavy (non-hydrogen) atoms. The molecule has 0 aliphatic carbocycles. The third kappa shape index (κ3) is 2.50. The molecule has 1 aliphatic heterocycles. The summed E-state index contributed by atoms with van der Waals surface area (Å²) in [5.41, 5.74) is 0.672. The van der Waals surface area contributed by atoms with Crippen molar-refractivity contribution in [3.05, 3.63) is 28.1 Å². The van der Waals surface area contributed by atoms with Crippen molar-refractivity contribution in [2.45, 2.75) is 32.4 Å². The Balaban J connectivity index is 2.18. The fraction of sp³-hybridized carbons (Fsp3) is 0.500. The number of rotatable bonds is 4. The Morgan fingerprint density at radius 3 is 3.00 bits per heavy atom. The lowest BCUT2D eigenvalue weighted by molar-refractivity contribution is -0.398. The average Bonchev–Trinajstić information content (AvgIpc) is 2.87. The smallest absolute Gasteiger partial charge is 0.437 e. The number of nitro groups is 1. The predicted molar refractivity (Wildman–Crippen MR) is 76.4 cm³/mol. The quantitative estimate of drug-likeness (QED) is 0.640. The molecule has 0 saturated carbocycles. The van der Waals surface area contributed by atoms with E-state index >= 15 is 0 Å². The summed E-state index contributed by atoms with van der Waals surface area (Å²) in [5.74, 6) is -0.865. The van der Waals surface area contributed by atoms with E-state index in [0.717, 1.165) is 18.9 Å². The SMILES string of the molecule is CCOc1cc2c(cc1F)nc([N+](=O)[O-])n2C1CCCCO1. The lowest BCUT2D eigenvalue weighted by Crippen LogP contribution is -2.19. The van der Waals surface area contributed by atoms with Gasteiger partial charge in [-0.2, -0.15) is 4.57 Å². The first-order valence-electron chi connectivity index (χ1n) is 7.22. The van der Waals surface area contributed by atoms with E-state index in [9.17, 15) is 14.5 Å². The van der Waals surface area contributed by atoms with Crippen molar-refractivity contribution in [3.63, 3.8) is 0 Å². The summed E-state index contributed by atoms with van der Waals surface area (Å²) in [5, 5.41) is 11.3. The van der Waals surface area contributed by atoms with E-state index in [1.165, 1.54) is 10.6 Å². The minimum atomic E-state index is -0.585. The molecule has 8 heteroatoms. The fourth-order valence-corrected chi connectivity index (χ4v) is 2.69. The minimum Gasteiger partial charge on any atom is -0.491 e. The number of nitrogens with zero attached hydrogens (tertiary/aromatic N) is 3. The number of benzene rings is 1. The van der Waals surface area contributed by atoms with Gasteiger partial charge in [0.05, 0.1) is 13.2 Å². The van der Waals surface area contributed by atoms with Crippen LogP contribution in [0.1, 0.15) is 32.4 Å². The highest BCUT2D eigenvalue weighted by molar-refractivity contribution is 5.79. The fourth-order valence-electron chi connectivity index (χ4n) is 2.69. The van der Waals surface area contributed by atoms with E-state index in [-0.39, 0.29) is 17.2 Å². The van der Waals surface area contributed by atoms with Crippen molar-refractivity contribution in [1.82, 2.24) is 9.55 Å². The zero-order chi connectivity index (χ0) is 15.7. The van der Waals surface area contributed by atoms with Gasteiger partial charge in [-0.1, -0.05) is 4.98 Å². The number of ether oxygens (including phenoxy) is 2. The van der Waals surface area contributed by atoms with Crippen LogP contribution in [0, 0.1) is 15.9 Å². The summed E-state index contributed by atoms with van der Waals surface area (Å²) < 4.78 is 26.2. The first-order valence-corrected chi connectivity index (χ1v) is 7.22. The van der Waals surface area contributed by atoms with E-state index < -0.39 is 17.0 Å². The summed E-state index contributed by atoms with van der Waals surface area (Å²) in [6.07, 6.45) is 2.05. The van der Waals surface area contributed by atoms with Gasteiger partial charge < -0.3 is 19.6 Å². The van der Waals surface area contributed by atoms with Crippen molar-refractivity contribution in [3.8, 4) is 5.75 Å². The average molecular weight is 309 g/mol. The number of hydrogen-bond acceptors (Lipinski definition) is 5. The standard InChI is InChI=1S/C14H16FN3O4/c1-2-21-12-8-11-10(7-9(12)15)16-14(18(19)20)17(11)13-5-3-4-6-22-13/h7-8,13H,2-6H2,1H3. The molecule has 0 amide bonds. The van der Waals surface area contributed by atoms with Crippen LogP contribution < -0.4 is 4.74 Å². The Hall–Kier alpha value is -2.22. The highest BCUT2D eigenvalue weighted by atomic mass is 19.1. The zero-order valence-corrected chi connectivity index (χ0v) is 12.1. The molecule has 0 radical (unpaired) electrons. The second-order valence-electron chi connectivity index (χ2n) is 5.06. The zero-order valence-electron chi connectivity index (χ0n) is 12.1. The van der Waals surface area contributed by atoms with Crippen molar-refractivity contribution in [1.29, 1.82) is 0 Å². The molecule has 2 aromatic rings. The van der Waals surface area contributed by atoms with Crippen molar-refractivity contribution >= 4 is 17.0 Å². The summed E-state index contributed by atoms with van der Waals surface area (Å²) in [7, 11) is 0. The summed E-state index contributed by atoms with van der Waals surface area (Å²) in [6.45, 7) is 2.59. The number of halogens is 1. The highest BCUT2D eigenvalue weighted by Crippen LogP contribution is 2.34. The maximum absolute atomic E-state index is 13.9. The molecule has 0 spiro atoms. The number of hydrogen-bond donors (Lipinski definition) is 0. The Kier molecular flexibility index (Phi) is 3.93. The second kappa shape index (κ2) is 5.88. The van der Waals surface area contributed by atoms with E-state index in [1.807, 2.05) is 0 Å². The van der Waals surface area contributed by atoms with E-state index in [4.69, 9.17) is 9.47 Å². The van der Waals surface area contributed by atoms with E-state index in [2.05, 4.69) is 4.98 Å². The monoisotopic (exact) mass is 309 g/mol. The van der Waals surface area contributed by atoms with Crippen molar-refractivity contribution in [2.75, 3.05) is 13.2 Å². The molecule has 7 nitrogen and oxygen atoms in total. The molecule has 0 N–H and O–H groups in total. The van der Waals surface area contributed by atoms with Crippen LogP contribution in [0.5, 0.6) is 5.75 Å². The lowest BCUT2D eigenvalue weighted by atomic mass is 10.2. The third-order valence-electron chi connectivity index (χ3n) is 3.63. The van der Waals surface area contributed by atoms with Crippen LogP contribution in [0.15, 0.2) is 12.1 Å². The van der Waals surface area contributed by atoms with Crippen LogP contribution in [0.4, 0.5) is 10.3 Å². The largest absolute Gasteiger partial charge is 0.491 e.